The molecule has 100 valence electrons. The van der Waals surface area contributed by atoms with E-state index >= 15 is 0 Å². The van der Waals surface area contributed by atoms with Crippen molar-refractivity contribution in [2.45, 2.75) is 52.4 Å². The van der Waals surface area contributed by atoms with Crippen molar-refractivity contribution in [2.75, 3.05) is 13.1 Å². The summed E-state index contributed by atoms with van der Waals surface area (Å²) in [5.74, 6) is 1.61. The van der Waals surface area contributed by atoms with E-state index < -0.39 is 0 Å². The van der Waals surface area contributed by atoms with Crippen LogP contribution in [0.2, 0.25) is 0 Å². The van der Waals surface area contributed by atoms with Crippen LogP contribution in [0.25, 0.3) is 0 Å². The molecule has 2 rings (SSSR count). The number of aryl methyl sites for hydroxylation is 2. The molecule has 0 aliphatic heterocycles. The minimum Gasteiger partial charge on any atom is -0.317 e. The molecule has 2 atom stereocenters. The van der Waals surface area contributed by atoms with Gasteiger partial charge in [0.25, 0.3) is 0 Å². The van der Waals surface area contributed by atoms with E-state index in [0.717, 1.165) is 18.4 Å². The lowest BCUT2D eigenvalue weighted by Crippen LogP contribution is -2.29. The average molecular weight is 245 g/mol. The molecule has 1 saturated carbocycles. The second kappa shape index (κ2) is 6.38. The Hall–Kier alpha value is -0.820. The van der Waals surface area contributed by atoms with Crippen LogP contribution in [0.4, 0.5) is 0 Å². The normalized spacial score (nSPS) is 24.2. The smallest absolute Gasteiger partial charge is 0.00148 e. The van der Waals surface area contributed by atoms with Gasteiger partial charge in [0, 0.05) is 0 Å². The Bertz CT molecular complexity index is 383. The summed E-state index contributed by atoms with van der Waals surface area (Å²) in [4.78, 5) is 0. The topological polar surface area (TPSA) is 12.0 Å². The third-order valence-electron chi connectivity index (χ3n) is 4.52. The van der Waals surface area contributed by atoms with Gasteiger partial charge in [-0.25, -0.2) is 0 Å². The first-order valence-electron chi connectivity index (χ1n) is 7.50. The predicted molar refractivity (Wildman–Crippen MR) is 79.2 cm³/mol. The molecular formula is C17H27N. The van der Waals surface area contributed by atoms with Gasteiger partial charge in [-0.3, -0.25) is 0 Å². The number of rotatable bonds is 4. The minimum atomic E-state index is 0.775. The van der Waals surface area contributed by atoms with Gasteiger partial charge in [0.1, 0.15) is 0 Å². The monoisotopic (exact) mass is 245 g/mol. The van der Waals surface area contributed by atoms with Gasteiger partial charge in [-0.15, -0.1) is 0 Å². The summed E-state index contributed by atoms with van der Waals surface area (Å²) in [7, 11) is 0. The van der Waals surface area contributed by atoms with E-state index in [1.165, 1.54) is 43.4 Å². The van der Waals surface area contributed by atoms with Crippen molar-refractivity contribution in [2.24, 2.45) is 5.92 Å². The fraction of sp³-hybridized carbons (Fsp3) is 0.647. The second-order valence-corrected chi connectivity index (χ2v) is 5.80. The Morgan fingerprint density at radius 1 is 1.11 bits per heavy atom. The van der Waals surface area contributed by atoms with Crippen molar-refractivity contribution in [1.82, 2.24) is 5.32 Å². The van der Waals surface area contributed by atoms with E-state index in [2.05, 4.69) is 44.3 Å². The van der Waals surface area contributed by atoms with Gasteiger partial charge in [-0.2, -0.15) is 0 Å². The Morgan fingerprint density at radius 2 is 1.89 bits per heavy atom. The van der Waals surface area contributed by atoms with Crippen LogP contribution in [-0.4, -0.2) is 13.1 Å². The van der Waals surface area contributed by atoms with Crippen molar-refractivity contribution in [3.05, 3.63) is 34.9 Å². The third kappa shape index (κ3) is 3.14. The second-order valence-electron chi connectivity index (χ2n) is 5.80. The van der Waals surface area contributed by atoms with Gasteiger partial charge in [-0.1, -0.05) is 38.0 Å². The van der Waals surface area contributed by atoms with E-state index in [1.54, 1.807) is 5.56 Å². The number of hydrogen-bond acceptors (Lipinski definition) is 1. The maximum atomic E-state index is 3.54. The predicted octanol–water partition coefficient (Wildman–Crippen LogP) is 4.19. The van der Waals surface area contributed by atoms with Crippen LogP contribution in [0.5, 0.6) is 0 Å². The zero-order chi connectivity index (χ0) is 13.0. The van der Waals surface area contributed by atoms with Gasteiger partial charge < -0.3 is 5.32 Å². The van der Waals surface area contributed by atoms with Gasteiger partial charge in [-0.05, 0) is 68.3 Å². The largest absolute Gasteiger partial charge is 0.317 e. The van der Waals surface area contributed by atoms with Crippen molar-refractivity contribution in [1.29, 1.82) is 0 Å². The average Bonchev–Trinajstić information content (AvgIpc) is 2.40. The molecular weight excluding hydrogens is 218 g/mol. The summed E-state index contributed by atoms with van der Waals surface area (Å²) in [5.41, 5.74) is 4.43. The van der Waals surface area contributed by atoms with Gasteiger partial charge in [0.2, 0.25) is 0 Å². The number of hydrogen-bond donors (Lipinski definition) is 1. The van der Waals surface area contributed by atoms with Crippen molar-refractivity contribution < 1.29 is 0 Å². The summed E-state index contributed by atoms with van der Waals surface area (Å²) >= 11 is 0. The van der Waals surface area contributed by atoms with E-state index in [1.807, 2.05) is 0 Å². The zero-order valence-electron chi connectivity index (χ0n) is 12.1. The highest BCUT2D eigenvalue weighted by Gasteiger charge is 2.26. The lowest BCUT2D eigenvalue weighted by Gasteiger charge is -2.32. The maximum Gasteiger partial charge on any atom is -0.00148 e. The number of benzene rings is 1. The number of nitrogens with one attached hydrogen (secondary N) is 1. The highest BCUT2D eigenvalue weighted by atomic mass is 14.8. The van der Waals surface area contributed by atoms with Crippen molar-refractivity contribution in [3.8, 4) is 0 Å². The molecule has 0 radical (unpaired) electrons. The molecule has 0 aromatic heterocycles. The van der Waals surface area contributed by atoms with E-state index in [9.17, 15) is 0 Å². The Morgan fingerprint density at radius 3 is 2.61 bits per heavy atom. The zero-order valence-corrected chi connectivity index (χ0v) is 12.1. The van der Waals surface area contributed by atoms with Crippen LogP contribution in [0, 0.1) is 19.8 Å². The first kappa shape index (κ1) is 13.6. The van der Waals surface area contributed by atoms with Gasteiger partial charge >= 0.3 is 0 Å². The molecule has 1 N–H and O–H groups in total. The summed E-state index contributed by atoms with van der Waals surface area (Å²) < 4.78 is 0. The fourth-order valence-electron chi connectivity index (χ4n) is 3.22. The molecule has 18 heavy (non-hydrogen) atoms. The SMILES string of the molecule is CCNCC1CCCCC1c1ccc(C)c(C)c1. The molecule has 1 aliphatic rings. The Labute approximate surface area is 112 Å². The molecule has 2 unspecified atom stereocenters. The van der Waals surface area contributed by atoms with E-state index in [0.29, 0.717) is 0 Å². The van der Waals surface area contributed by atoms with E-state index in [-0.39, 0.29) is 0 Å². The molecule has 1 heteroatoms. The third-order valence-corrected chi connectivity index (χ3v) is 4.52. The van der Waals surface area contributed by atoms with Crippen molar-refractivity contribution in [3.63, 3.8) is 0 Å². The Kier molecular flexibility index (Phi) is 4.82. The lowest BCUT2D eigenvalue weighted by molar-refractivity contribution is 0.297. The molecule has 0 spiro atoms. The van der Waals surface area contributed by atoms with Crippen molar-refractivity contribution >= 4 is 0 Å². The van der Waals surface area contributed by atoms with Crippen LogP contribution >= 0.6 is 0 Å². The quantitative estimate of drug-likeness (QED) is 0.839. The highest BCUT2D eigenvalue weighted by Crippen LogP contribution is 2.37. The molecule has 1 aromatic carbocycles. The standard InChI is InChI=1S/C17H27N/c1-4-18-12-16-7-5-6-8-17(16)15-10-9-13(2)14(3)11-15/h9-11,16-18H,4-8,12H2,1-3H3. The van der Waals surface area contributed by atoms with Gasteiger partial charge in [0.15, 0.2) is 0 Å². The molecule has 1 aromatic rings. The molecule has 0 heterocycles. The summed E-state index contributed by atoms with van der Waals surface area (Å²) in [6, 6.07) is 7.07. The fourth-order valence-corrected chi connectivity index (χ4v) is 3.22. The van der Waals surface area contributed by atoms with Crippen LogP contribution in [0.15, 0.2) is 18.2 Å². The molecule has 1 aliphatic carbocycles. The maximum absolute atomic E-state index is 3.54. The summed E-state index contributed by atoms with van der Waals surface area (Å²) in [6.45, 7) is 8.93. The molecule has 0 saturated heterocycles. The van der Waals surface area contributed by atoms with E-state index in [4.69, 9.17) is 0 Å². The minimum absolute atomic E-state index is 0.775. The van der Waals surface area contributed by atoms with Crippen LogP contribution < -0.4 is 5.32 Å². The Balaban J connectivity index is 2.14. The molecule has 0 bridgehead atoms. The molecule has 1 fully saturated rings. The first-order chi connectivity index (χ1) is 8.72. The highest BCUT2D eigenvalue weighted by molar-refractivity contribution is 5.32. The van der Waals surface area contributed by atoms with Crippen LogP contribution in [-0.2, 0) is 0 Å². The first-order valence-corrected chi connectivity index (χ1v) is 7.50. The van der Waals surface area contributed by atoms with Gasteiger partial charge in [0.05, 0.1) is 0 Å². The van der Waals surface area contributed by atoms with Crippen LogP contribution in [0.3, 0.4) is 0 Å². The summed E-state index contributed by atoms with van der Waals surface area (Å²) in [5, 5.41) is 3.54. The lowest BCUT2D eigenvalue weighted by atomic mass is 9.75. The molecule has 0 amide bonds. The van der Waals surface area contributed by atoms with Crippen LogP contribution in [0.1, 0.15) is 55.2 Å². The summed E-state index contributed by atoms with van der Waals surface area (Å²) in [6.07, 6.45) is 5.58. The molecule has 1 nitrogen and oxygen atoms in total.